The zero-order valence-corrected chi connectivity index (χ0v) is 16.7. The number of hydrogen-bond donors (Lipinski definition) is 0. The second kappa shape index (κ2) is 7.29. The Morgan fingerprint density at radius 2 is 1.83 bits per heavy atom. The van der Waals surface area contributed by atoms with Crippen LogP contribution < -0.4 is 0 Å². The van der Waals surface area contributed by atoms with E-state index >= 15 is 0 Å². The van der Waals surface area contributed by atoms with Crippen molar-refractivity contribution in [2.24, 2.45) is 0 Å². The fourth-order valence-electron chi connectivity index (χ4n) is 3.07. The first-order valence-electron chi connectivity index (χ1n) is 7.08. The summed E-state index contributed by atoms with van der Waals surface area (Å²) >= 11 is -0.896. The summed E-state index contributed by atoms with van der Waals surface area (Å²) in [5.74, 6) is 0. The molecule has 0 bridgehead atoms. The molecule has 0 amide bonds. The molecule has 3 nitrogen and oxygen atoms in total. The minimum Gasteiger partial charge on any atom is -0.147 e. The predicted molar refractivity (Wildman–Crippen MR) is 93.5 cm³/mol. The Hall–Kier alpha value is -0.957. The van der Waals surface area contributed by atoms with E-state index in [1.165, 1.54) is 16.7 Å². The van der Waals surface area contributed by atoms with E-state index in [9.17, 15) is 0 Å². The van der Waals surface area contributed by atoms with E-state index in [4.69, 9.17) is 0 Å². The van der Waals surface area contributed by atoms with Gasteiger partial charge in [0.05, 0.1) is 0 Å². The first kappa shape index (κ1) is 18.4. The Kier molecular flexibility index (Phi) is 5.83. The number of halogens is 2. The van der Waals surface area contributed by atoms with Gasteiger partial charge in [0, 0.05) is 0 Å². The minimum atomic E-state index is -0.896. The van der Waals surface area contributed by atoms with Crippen molar-refractivity contribution in [2.45, 2.75) is 16.6 Å². The molecule has 23 heavy (non-hydrogen) atoms. The molecule has 0 N–H and O–H groups in total. The van der Waals surface area contributed by atoms with Crippen molar-refractivity contribution in [3.63, 3.8) is 0 Å². The average Bonchev–Trinajstić information content (AvgIpc) is 3.22. The third-order valence-corrected chi connectivity index (χ3v) is 9.06. The molecular formula is C17H17Cl2N3Zr. The predicted octanol–water partition coefficient (Wildman–Crippen LogP) is 4.17. The van der Waals surface area contributed by atoms with E-state index in [2.05, 4.69) is 70.3 Å². The van der Waals surface area contributed by atoms with Crippen molar-refractivity contribution in [2.75, 3.05) is 0 Å². The molecule has 0 radical (unpaired) electrons. The topological polar surface area (TPSA) is 30.7 Å². The summed E-state index contributed by atoms with van der Waals surface area (Å²) in [6.45, 7) is 2.24. The zero-order valence-electron chi connectivity index (χ0n) is 12.6. The summed E-state index contributed by atoms with van der Waals surface area (Å²) in [5, 5.41) is 8.11. The van der Waals surface area contributed by atoms with Crippen LogP contribution >= 0.6 is 24.8 Å². The second-order valence-corrected chi connectivity index (χ2v) is 9.42. The molecular weight excluding hydrogens is 408 g/mol. The molecule has 0 saturated carbocycles. The molecule has 118 valence electrons. The first-order chi connectivity index (χ1) is 10.3. The Labute approximate surface area is 160 Å². The number of hydrogen-bond acceptors (Lipinski definition) is 2. The van der Waals surface area contributed by atoms with Gasteiger partial charge in [0.25, 0.3) is 0 Å². The average molecular weight is 425 g/mol. The van der Waals surface area contributed by atoms with E-state index in [1.807, 2.05) is 12.7 Å². The smallest absolute Gasteiger partial charge is 0.147 e. The van der Waals surface area contributed by atoms with E-state index < -0.39 is 23.2 Å². The fourth-order valence-corrected chi connectivity index (χ4v) is 7.33. The summed E-state index contributed by atoms with van der Waals surface area (Å²) in [6, 6.07) is 8.70. The number of fused-ring (bicyclic) bond motifs is 1. The fraction of sp³-hybridized carbons (Fsp3) is 0.176. The van der Waals surface area contributed by atoms with Crippen LogP contribution in [0, 0.1) is 0 Å². The van der Waals surface area contributed by atoms with Gasteiger partial charge in [-0.25, -0.2) is 0 Å². The Morgan fingerprint density at radius 3 is 2.52 bits per heavy atom. The first-order valence-corrected chi connectivity index (χ1v) is 9.54. The Bertz CT molecular complexity index is 781. The molecule has 6 heteroatoms. The van der Waals surface area contributed by atoms with E-state index in [1.54, 1.807) is 3.28 Å². The summed E-state index contributed by atoms with van der Waals surface area (Å²) in [4.78, 5) is 0. The molecule has 2 aromatic rings. The van der Waals surface area contributed by atoms with Crippen LogP contribution in [0.2, 0.25) is 0 Å². The number of allylic oxidation sites excluding steroid dienone is 5. The summed E-state index contributed by atoms with van der Waals surface area (Å²) in [7, 11) is 0. The van der Waals surface area contributed by atoms with Gasteiger partial charge >= 0.3 is 136 Å². The molecule has 4 rings (SSSR count). The van der Waals surface area contributed by atoms with Gasteiger partial charge in [-0.1, -0.05) is 0 Å². The van der Waals surface area contributed by atoms with E-state index in [0.717, 1.165) is 6.42 Å². The van der Waals surface area contributed by atoms with Crippen LogP contribution in [0.4, 0.5) is 0 Å². The molecule has 1 heterocycles. The standard InChI is InChI=1S/C11H8N3.C6H7.2ClH.Zr/c1-2-4-10-9(3-1)5-6-11(10)14-7-12-13-8-14;1-6-4-2-3-5-6;;;/h1-8H;2,4H,3H2,1H3;2*1H;. The van der Waals surface area contributed by atoms with Crippen LogP contribution in [0.3, 0.4) is 0 Å². The Balaban J connectivity index is 0.000000960. The maximum atomic E-state index is 4.05. The number of benzene rings is 1. The molecule has 1 unspecified atom stereocenters. The van der Waals surface area contributed by atoms with Gasteiger partial charge < -0.3 is 0 Å². The van der Waals surface area contributed by atoms with E-state index in [-0.39, 0.29) is 28.1 Å². The molecule has 0 aliphatic heterocycles. The summed E-state index contributed by atoms with van der Waals surface area (Å²) in [5.41, 5.74) is 4.20. The van der Waals surface area contributed by atoms with Crippen molar-refractivity contribution in [1.29, 1.82) is 0 Å². The van der Waals surface area contributed by atoms with Crippen LogP contribution in [-0.2, 0) is 26.5 Å². The van der Waals surface area contributed by atoms with Crippen LogP contribution in [0.15, 0.2) is 64.0 Å². The molecule has 0 saturated heterocycles. The van der Waals surface area contributed by atoms with Gasteiger partial charge in [0.1, 0.15) is 0 Å². The second-order valence-electron chi connectivity index (χ2n) is 5.45. The zero-order chi connectivity index (χ0) is 14.3. The molecule has 1 aromatic carbocycles. The normalized spacial score (nSPS) is 20.9. The monoisotopic (exact) mass is 423 g/mol. The van der Waals surface area contributed by atoms with Gasteiger partial charge in [0.2, 0.25) is 0 Å². The summed E-state index contributed by atoms with van der Waals surface area (Å²) in [6.07, 6.45) is 14.0. The number of rotatable bonds is 3. The number of aromatic nitrogens is 3. The van der Waals surface area contributed by atoms with E-state index in [0.29, 0.717) is 0 Å². The van der Waals surface area contributed by atoms with Crippen LogP contribution in [0.1, 0.15) is 24.5 Å². The van der Waals surface area contributed by atoms with Crippen LogP contribution in [0.5, 0.6) is 0 Å². The van der Waals surface area contributed by atoms with Crippen molar-refractivity contribution >= 4 is 30.9 Å². The van der Waals surface area contributed by atoms with Crippen molar-refractivity contribution in [3.05, 3.63) is 75.1 Å². The summed E-state index contributed by atoms with van der Waals surface area (Å²) < 4.78 is 3.85. The van der Waals surface area contributed by atoms with Gasteiger partial charge in [-0.3, -0.25) is 0 Å². The SMILES string of the molecule is CC1=[C]([Zr][C]2(n3cnnc3)C=Cc3ccccc32)CC=C1.Cl.Cl. The van der Waals surface area contributed by atoms with Crippen LogP contribution in [-0.4, -0.2) is 14.8 Å². The number of nitrogens with zero attached hydrogens (tertiary/aromatic N) is 3. The maximum absolute atomic E-state index is 4.05. The Morgan fingerprint density at radius 1 is 1.09 bits per heavy atom. The van der Waals surface area contributed by atoms with Gasteiger partial charge in [0.15, 0.2) is 0 Å². The maximum Gasteiger partial charge on any atom is -0.147 e. The third kappa shape index (κ3) is 3.05. The van der Waals surface area contributed by atoms with Gasteiger partial charge in [-0.15, -0.1) is 24.8 Å². The molecule has 0 fully saturated rings. The molecule has 0 spiro atoms. The molecule has 2 aliphatic rings. The quantitative estimate of drug-likeness (QED) is 0.739. The largest absolute Gasteiger partial charge is 0.147 e. The molecule has 1 aromatic heterocycles. The molecule has 1 atom stereocenters. The molecule has 2 aliphatic carbocycles. The van der Waals surface area contributed by atoms with Crippen molar-refractivity contribution in [1.82, 2.24) is 14.8 Å². The van der Waals surface area contributed by atoms with Crippen molar-refractivity contribution in [3.8, 4) is 0 Å². The van der Waals surface area contributed by atoms with Crippen molar-refractivity contribution < 1.29 is 23.2 Å². The minimum absolute atomic E-state index is 0. The third-order valence-electron chi connectivity index (χ3n) is 4.21. The van der Waals surface area contributed by atoms with Gasteiger partial charge in [-0.2, -0.15) is 0 Å². The van der Waals surface area contributed by atoms with Gasteiger partial charge in [-0.05, 0) is 0 Å². The van der Waals surface area contributed by atoms with Crippen LogP contribution in [0.25, 0.3) is 6.08 Å².